The number of halogens is 8. The van der Waals surface area contributed by atoms with Gasteiger partial charge in [0.25, 0.3) is 0 Å². The van der Waals surface area contributed by atoms with Crippen LogP contribution in [0.25, 0.3) is 0 Å². The molecule has 2 nitrogen and oxygen atoms in total. The van der Waals surface area contributed by atoms with Gasteiger partial charge >= 0.3 is 0 Å². The molecule has 1 heterocycles. The van der Waals surface area contributed by atoms with Crippen LogP contribution >= 0.6 is 110 Å². The van der Waals surface area contributed by atoms with Crippen molar-refractivity contribution in [3.05, 3.63) is 38.0 Å². The largest absolute Gasteiger partial charge is 0.447 e. The monoisotopic (exact) mass is 632 g/mol. The number of hydrogen-bond acceptors (Lipinski definition) is 2. The lowest BCUT2D eigenvalue weighted by molar-refractivity contribution is 0.355. The summed E-state index contributed by atoms with van der Waals surface area (Å²) in [5.74, 6) is 1.25. The Hall–Kier alpha value is 1.12. The van der Waals surface area contributed by atoms with Gasteiger partial charge in [-0.25, -0.2) is 0 Å². The van der Waals surface area contributed by atoms with E-state index >= 15 is 0 Å². The number of benzene rings is 2. The molecule has 0 N–H and O–H groups in total. The highest BCUT2D eigenvalue weighted by molar-refractivity contribution is 9.15. The quantitative estimate of drug-likeness (QED) is 0.181. The van der Waals surface area contributed by atoms with Crippen molar-refractivity contribution in [2.75, 3.05) is 0 Å². The SMILES string of the molecule is Clc1c(Cl)c(Cl)c2c(c1Cl)Oc1c(Br)c(Br)c(Br)c(Br)c1O2. The third kappa shape index (κ3) is 2.62. The topological polar surface area (TPSA) is 18.5 Å². The first kappa shape index (κ1) is 17.9. The Morgan fingerprint density at radius 3 is 1.09 bits per heavy atom. The molecule has 1 aliphatic heterocycles. The van der Waals surface area contributed by atoms with Crippen molar-refractivity contribution >= 4 is 110 Å². The van der Waals surface area contributed by atoms with Crippen molar-refractivity contribution in [1.29, 1.82) is 0 Å². The smallest absolute Gasteiger partial charge is 0.191 e. The summed E-state index contributed by atoms with van der Waals surface area (Å²) in [5, 5.41) is 0.452. The van der Waals surface area contributed by atoms with Crippen molar-refractivity contribution in [3.8, 4) is 23.0 Å². The average Bonchev–Trinajstić information content (AvgIpc) is 2.52. The summed E-state index contributed by atoms with van der Waals surface area (Å²) in [6.45, 7) is 0. The predicted molar refractivity (Wildman–Crippen MR) is 104 cm³/mol. The highest BCUT2D eigenvalue weighted by Crippen LogP contribution is 2.61. The van der Waals surface area contributed by atoms with Crippen LogP contribution in [0, 0.1) is 0 Å². The lowest BCUT2D eigenvalue weighted by atomic mass is 10.2. The molecule has 2 aromatic carbocycles. The molecule has 0 saturated heterocycles. The molecule has 22 heavy (non-hydrogen) atoms. The Labute approximate surface area is 178 Å². The number of hydrogen-bond donors (Lipinski definition) is 0. The van der Waals surface area contributed by atoms with E-state index in [1.165, 1.54) is 0 Å². The summed E-state index contributed by atoms with van der Waals surface area (Å²) in [4.78, 5) is 0. The molecular weight excluding hydrogens is 638 g/mol. The fraction of sp³-hybridized carbons (Fsp3) is 0. The van der Waals surface area contributed by atoms with E-state index in [1.807, 2.05) is 0 Å². The van der Waals surface area contributed by atoms with Gasteiger partial charge in [0.1, 0.15) is 10.0 Å². The molecule has 1 aliphatic rings. The third-order valence-electron chi connectivity index (χ3n) is 2.77. The molecule has 0 aromatic heterocycles. The minimum Gasteiger partial charge on any atom is -0.447 e. The van der Waals surface area contributed by atoms with Crippen LogP contribution in [0.15, 0.2) is 17.9 Å². The minimum atomic E-state index is 0.102. The van der Waals surface area contributed by atoms with Gasteiger partial charge in [0, 0.05) is 0 Å². The van der Waals surface area contributed by atoms with Crippen molar-refractivity contribution in [2.24, 2.45) is 0 Å². The molecule has 0 aliphatic carbocycles. The van der Waals surface area contributed by atoms with Crippen molar-refractivity contribution in [1.82, 2.24) is 0 Å². The maximum absolute atomic E-state index is 6.19. The Morgan fingerprint density at radius 2 is 0.773 bits per heavy atom. The molecule has 0 amide bonds. The number of ether oxygens (including phenoxy) is 2. The minimum absolute atomic E-state index is 0.102. The van der Waals surface area contributed by atoms with Gasteiger partial charge in [0.2, 0.25) is 0 Å². The molecule has 0 atom stereocenters. The highest BCUT2D eigenvalue weighted by Gasteiger charge is 2.33. The first-order valence-electron chi connectivity index (χ1n) is 5.33. The van der Waals surface area contributed by atoms with Gasteiger partial charge in [-0.1, -0.05) is 46.4 Å². The van der Waals surface area contributed by atoms with Crippen LogP contribution in [-0.4, -0.2) is 0 Å². The second-order valence-corrected chi connectivity index (χ2v) is 8.72. The van der Waals surface area contributed by atoms with Crippen LogP contribution in [0.5, 0.6) is 23.0 Å². The van der Waals surface area contributed by atoms with Crippen LogP contribution < -0.4 is 9.47 Å². The second kappa shape index (κ2) is 6.45. The molecule has 0 bridgehead atoms. The maximum atomic E-state index is 6.19. The van der Waals surface area contributed by atoms with Crippen LogP contribution in [0.4, 0.5) is 0 Å². The van der Waals surface area contributed by atoms with Crippen LogP contribution in [0.3, 0.4) is 0 Å². The second-order valence-electron chi connectivity index (χ2n) is 4.03. The Balaban J connectivity index is 2.32. The fourth-order valence-electron chi connectivity index (χ4n) is 1.75. The summed E-state index contributed by atoms with van der Waals surface area (Å²) in [6, 6.07) is 0. The molecule has 0 fully saturated rings. The van der Waals surface area contributed by atoms with Crippen molar-refractivity contribution in [3.63, 3.8) is 0 Å². The fourth-order valence-corrected chi connectivity index (χ4v) is 4.85. The normalized spacial score (nSPS) is 12.4. The van der Waals surface area contributed by atoms with E-state index in [9.17, 15) is 0 Å². The van der Waals surface area contributed by atoms with Gasteiger partial charge in [-0.2, -0.15) is 0 Å². The lowest BCUT2D eigenvalue weighted by Gasteiger charge is -2.26. The summed E-state index contributed by atoms with van der Waals surface area (Å²) in [7, 11) is 0. The average molecular weight is 638 g/mol. The standard InChI is InChI=1S/C12Br4Cl4O2/c13-1-2(14)4(16)10-9(3(1)15)21-11-7(19)5(17)6(18)8(20)12(11)22-10. The zero-order valence-electron chi connectivity index (χ0n) is 9.84. The van der Waals surface area contributed by atoms with Gasteiger partial charge in [0.05, 0.1) is 27.9 Å². The lowest BCUT2D eigenvalue weighted by Crippen LogP contribution is -2.03. The molecule has 0 unspecified atom stereocenters. The Kier molecular flexibility index (Phi) is 5.25. The summed E-state index contributed by atoms with van der Waals surface area (Å²) in [6.07, 6.45) is 0. The van der Waals surface area contributed by atoms with E-state index in [-0.39, 0.29) is 31.6 Å². The van der Waals surface area contributed by atoms with E-state index in [2.05, 4.69) is 63.7 Å². The maximum Gasteiger partial charge on any atom is 0.191 e. The van der Waals surface area contributed by atoms with Gasteiger partial charge in [0.15, 0.2) is 23.0 Å². The molecule has 10 heteroatoms. The summed E-state index contributed by atoms with van der Waals surface area (Å²) in [5.41, 5.74) is 0. The molecule has 0 radical (unpaired) electrons. The van der Waals surface area contributed by atoms with E-state index in [4.69, 9.17) is 55.9 Å². The van der Waals surface area contributed by atoms with E-state index in [0.29, 0.717) is 20.4 Å². The van der Waals surface area contributed by atoms with Gasteiger partial charge in [-0.15, -0.1) is 0 Å². The first-order chi connectivity index (χ1) is 10.3. The van der Waals surface area contributed by atoms with Gasteiger partial charge in [-0.05, 0) is 63.7 Å². The third-order valence-corrected chi connectivity index (χ3v) is 9.24. The Morgan fingerprint density at radius 1 is 0.455 bits per heavy atom. The van der Waals surface area contributed by atoms with E-state index in [1.54, 1.807) is 0 Å². The molecule has 116 valence electrons. The molecule has 0 saturated carbocycles. The van der Waals surface area contributed by atoms with Crippen molar-refractivity contribution in [2.45, 2.75) is 0 Å². The molecule has 2 aromatic rings. The predicted octanol–water partition coefficient (Wildman–Crippen LogP) is 9.25. The van der Waals surface area contributed by atoms with Crippen LogP contribution in [0.1, 0.15) is 0 Å². The summed E-state index contributed by atoms with van der Waals surface area (Å²) < 4.78 is 14.5. The van der Waals surface area contributed by atoms with Crippen LogP contribution in [-0.2, 0) is 0 Å². The van der Waals surface area contributed by atoms with Crippen molar-refractivity contribution < 1.29 is 9.47 Å². The zero-order valence-corrected chi connectivity index (χ0v) is 19.2. The molecular formula is C12Br4Cl4O2. The highest BCUT2D eigenvalue weighted by atomic mass is 79.9. The molecule has 0 spiro atoms. The Bertz CT molecular complexity index is 706. The first-order valence-corrected chi connectivity index (χ1v) is 10.0. The van der Waals surface area contributed by atoms with E-state index < -0.39 is 0 Å². The number of rotatable bonds is 0. The molecule has 3 rings (SSSR count). The van der Waals surface area contributed by atoms with E-state index in [0.717, 1.165) is 8.95 Å². The summed E-state index contributed by atoms with van der Waals surface area (Å²) >= 11 is 38.3. The van der Waals surface area contributed by atoms with Crippen LogP contribution in [0.2, 0.25) is 20.1 Å². The van der Waals surface area contributed by atoms with Gasteiger partial charge in [-0.3, -0.25) is 0 Å². The van der Waals surface area contributed by atoms with Gasteiger partial charge < -0.3 is 9.47 Å². The zero-order chi connectivity index (χ0) is 16.3. The number of fused-ring (bicyclic) bond motifs is 2.